The molecule has 1 aromatic carbocycles. The second-order valence-corrected chi connectivity index (χ2v) is 3.83. The van der Waals surface area contributed by atoms with Gasteiger partial charge in [-0.3, -0.25) is 10.1 Å². The van der Waals surface area contributed by atoms with Crippen LogP contribution in [0.1, 0.15) is 5.56 Å². The number of halogens is 5. The fourth-order valence-corrected chi connectivity index (χ4v) is 1.64. The zero-order valence-corrected chi connectivity index (χ0v) is 9.15. The molecular formula is C7H2BrClF3NO2. The average molecular weight is 304 g/mol. The molecule has 3 nitrogen and oxygen atoms in total. The maximum Gasteiger partial charge on any atom is 0.418 e. The van der Waals surface area contributed by atoms with Gasteiger partial charge in [0.05, 0.1) is 10.5 Å². The standard InChI is InChI=1S/C7H2BrClF3NO2/c8-3-1-4(7(10,11)12)6(9)5(2-3)13(14)15/h1-2H. The Bertz CT molecular complexity index is 421. The molecule has 0 fully saturated rings. The number of nitro groups is 1. The highest BCUT2D eigenvalue weighted by molar-refractivity contribution is 9.10. The maximum atomic E-state index is 12.3. The Balaban J connectivity index is 3.49. The molecule has 0 bridgehead atoms. The first-order valence-corrected chi connectivity index (χ1v) is 4.61. The minimum Gasteiger partial charge on any atom is -0.258 e. The number of benzene rings is 1. The van der Waals surface area contributed by atoms with E-state index in [1.807, 2.05) is 0 Å². The van der Waals surface area contributed by atoms with Crippen LogP contribution in [0.15, 0.2) is 16.6 Å². The van der Waals surface area contributed by atoms with Gasteiger partial charge in [-0.2, -0.15) is 13.2 Å². The Hall–Kier alpha value is -0.820. The van der Waals surface area contributed by atoms with Gasteiger partial charge < -0.3 is 0 Å². The van der Waals surface area contributed by atoms with Gasteiger partial charge in [-0.25, -0.2) is 0 Å². The van der Waals surface area contributed by atoms with Crippen molar-refractivity contribution in [3.63, 3.8) is 0 Å². The van der Waals surface area contributed by atoms with Crippen molar-refractivity contribution in [2.24, 2.45) is 0 Å². The third-order valence-electron chi connectivity index (χ3n) is 1.52. The summed E-state index contributed by atoms with van der Waals surface area (Å²) in [5.74, 6) is 0. The van der Waals surface area contributed by atoms with Gasteiger partial charge in [-0.15, -0.1) is 0 Å². The van der Waals surface area contributed by atoms with Crippen LogP contribution in [0, 0.1) is 10.1 Å². The van der Waals surface area contributed by atoms with Crippen molar-refractivity contribution < 1.29 is 18.1 Å². The summed E-state index contributed by atoms with van der Waals surface area (Å²) in [6, 6.07) is 1.60. The molecule has 15 heavy (non-hydrogen) atoms. The second-order valence-electron chi connectivity index (χ2n) is 2.54. The van der Waals surface area contributed by atoms with Crippen LogP contribution in [0.2, 0.25) is 5.02 Å². The lowest BCUT2D eigenvalue weighted by atomic mass is 10.2. The van der Waals surface area contributed by atoms with Gasteiger partial charge in [0, 0.05) is 10.5 Å². The van der Waals surface area contributed by atoms with E-state index in [0.29, 0.717) is 6.07 Å². The van der Waals surface area contributed by atoms with E-state index in [4.69, 9.17) is 11.6 Å². The third-order valence-corrected chi connectivity index (χ3v) is 2.38. The van der Waals surface area contributed by atoms with E-state index in [1.54, 1.807) is 0 Å². The molecule has 0 radical (unpaired) electrons. The Kier molecular flexibility index (Phi) is 3.25. The molecule has 0 aliphatic carbocycles. The van der Waals surface area contributed by atoms with Crippen LogP contribution in [-0.2, 0) is 6.18 Å². The molecule has 1 rings (SSSR count). The van der Waals surface area contributed by atoms with E-state index < -0.39 is 27.4 Å². The van der Waals surface area contributed by atoms with Gasteiger partial charge >= 0.3 is 6.18 Å². The van der Waals surface area contributed by atoms with Crippen molar-refractivity contribution in [2.75, 3.05) is 0 Å². The molecule has 0 atom stereocenters. The summed E-state index contributed by atoms with van der Waals surface area (Å²) in [5, 5.41) is 9.48. The second kappa shape index (κ2) is 3.97. The summed E-state index contributed by atoms with van der Waals surface area (Å²) >= 11 is 8.02. The van der Waals surface area contributed by atoms with E-state index >= 15 is 0 Å². The lowest BCUT2D eigenvalue weighted by molar-refractivity contribution is -0.385. The highest BCUT2D eigenvalue weighted by Gasteiger charge is 2.36. The number of alkyl halides is 3. The van der Waals surface area contributed by atoms with Crippen LogP contribution >= 0.6 is 27.5 Å². The van der Waals surface area contributed by atoms with Gasteiger partial charge in [0.2, 0.25) is 0 Å². The fraction of sp³-hybridized carbons (Fsp3) is 0.143. The molecular weight excluding hydrogens is 302 g/mol. The zero-order chi connectivity index (χ0) is 11.8. The van der Waals surface area contributed by atoms with Crippen LogP contribution in [0.3, 0.4) is 0 Å². The predicted octanol–water partition coefficient (Wildman–Crippen LogP) is 4.03. The van der Waals surface area contributed by atoms with Crippen LogP contribution in [0.5, 0.6) is 0 Å². The molecule has 0 aromatic heterocycles. The summed E-state index contributed by atoms with van der Waals surface area (Å²) in [7, 11) is 0. The normalized spacial score (nSPS) is 11.5. The number of hydrogen-bond acceptors (Lipinski definition) is 2. The van der Waals surface area contributed by atoms with E-state index in [0.717, 1.165) is 6.07 Å². The molecule has 0 saturated carbocycles. The molecule has 0 N–H and O–H groups in total. The molecule has 0 spiro atoms. The quantitative estimate of drug-likeness (QED) is 0.581. The van der Waals surface area contributed by atoms with Crippen molar-refractivity contribution >= 4 is 33.2 Å². The molecule has 0 amide bonds. The largest absolute Gasteiger partial charge is 0.418 e. The van der Waals surface area contributed by atoms with Crippen molar-refractivity contribution in [3.05, 3.63) is 37.3 Å². The first kappa shape index (κ1) is 12.3. The molecule has 0 unspecified atom stereocenters. The molecule has 82 valence electrons. The van der Waals surface area contributed by atoms with Crippen LogP contribution in [0.4, 0.5) is 18.9 Å². The van der Waals surface area contributed by atoms with E-state index in [2.05, 4.69) is 15.9 Å². The van der Waals surface area contributed by atoms with E-state index in [-0.39, 0.29) is 4.47 Å². The molecule has 0 heterocycles. The zero-order valence-electron chi connectivity index (χ0n) is 6.81. The van der Waals surface area contributed by atoms with Crippen molar-refractivity contribution in [2.45, 2.75) is 6.18 Å². The Morgan fingerprint density at radius 2 is 1.93 bits per heavy atom. The van der Waals surface area contributed by atoms with Gasteiger partial charge in [0.15, 0.2) is 0 Å². The van der Waals surface area contributed by atoms with Gasteiger partial charge in [0.1, 0.15) is 5.02 Å². The Morgan fingerprint density at radius 1 is 1.40 bits per heavy atom. The Labute approximate surface area is 95.1 Å². The summed E-state index contributed by atoms with van der Waals surface area (Å²) in [5.41, 5.74) is -2.01. The molecule has 1 aromatic rings. The van der Waals surface area contributed by atoms with E-state index in [1.165, 1.54) is 0 Å². The van der Waals surface area contributed by atoms with Gasteiger partial charge in [0.25, 0.3) is 5.69 Å². The smallest absolute Gasteiger partial charge is 0.258 e. The first-order chi connectivity index (χ1) is 6.73. The number of nitrogens with zero attached hydrogens (tertiary/aromatic N) is 1. The minimum atomic E-state index is -4.72. The Morgan fingerprint density at radius 3 is 2.33 bits per heavy atom. The number of rotatable bonds is 1. The topological polar surface area (TPSA) is 43.1 Å². The maximum absolute atomic E-state index is 12.3. The average Bonchev–Trinajstić information content (AvgIpc) is 2.06. The third kappa shape index (κ3) is 2.60. The number of nitro benzene ring substituents is 1. The van der Waals surface area contributed by atoms with Crippen molar-refractivity contribution in [1.82, 2.24) is 0 Å². The van der Waals surface area contributed by atoms with E-state index in [9.17, 15) is 23.3 Å². The molecule has 8 heteroatoms. The van der Waals surface area contributed by atoms with Crippen LogP contribution in [-0.4, -0.2) is 4.92 Å². The summed E-state index contributed by atoms with van der Waals surface area (Å²) in [6.45, 7) is 0. The van der Waals surface area contributed by atoms with Crippen LogP contribution in [0.25, 0.3) is 0 Å². The lowest BCUT2D eigenvalue weighted by Gasteiger charge is -2.09. The van der Waals surface area contributed by atoms with Gasteiger partial charge in [-0.05, 0) is 6.07 Å². The minimum absolute atomic E-state index is 0.0501. The first-order valence-electron chi connectivity index (χ1n) is 3.44. The molecule has 0 saturated heterocycles. The molecule has 0 aliphatic heterocycles. The van der Waals surface area contributed by atoms with Crippen molar-refractivity contribution in [1.29, 1.82) is 0 Å². The fourth-order valence-electron chi connectivity index (χ4n) is 0.914. The monoisotopic (exact) mass is 303 g/mol. The summed E-state index contributed by atoms with van der Waals surface area (Å²) in [4.78, 5) is 9.42. The predicted molar refractivity (Wildman–Crippen MR) is 50.8 cm³/mol. The number of hydrogen-bond donors (Lipinski definition) is 0. The summed E-state index contributed by atoms with van der Waals surface area (Å²) in [6.07, 6.45) is -4.72. The van der Waals surface area contributed by atoms with Crippen LogP contribution < -0.4 is 0 Å². The van der Waals surface area contributed by atoms with Gasteiger partial charge in [-0.1, -0.05) is 27.5 Å². The lowest BCUT2D eigenvalue weighted by Crippen LogP contribution is -2.07. The highest BCUT2D eigenvalue weighted by Crippen LogP contribution is 2.41. The SMILES string of the molecule is O=[N+]([O-])c1cc(Br)cc(C(F)(F)F)c1Cl. The molecule has 0 aliphatic rings. The van der Waals surface area contributed by atoms with Crippen molar-refractivity contribution in [3.8, 4) is 0 Å². The summed E-state index contributed by atoms with van der Waals surface area (Å²) < 4.78 is 37.0. The highest BCUT2D eigenvalue weighted by atomic mass is 79.9.